The van der Waals surface area contributed by atoms with Crippen molar-refractivity contribution in [3.05, 3.63) is 70.2 Å². The summed E-state index contributed by atoms with van der Waals surface area (Å²) in [5.74, 6) is -0.123. The normalized spacial score (nSPS) is 15.3. The van der Waals surface area contributed by atoms with Crippen LogP contribution in [0, 0.1) is 0 Å². The maximum absolute atomic E-state index is 12.3. The van der Waals surface area contributed by atoms with Gasteiger partial charge in [0, 0.05) is 43.7 Å². The largest absolute Gasteiger partial charge is 0.324 e. The van der Waals surface area contributed by atoms with E-state index in [1.165, 1.54) is 5.56 Å². The van der Waals surface area contributed by atoms with E-state index < -0.39 is 0 Å². The van der Waals surface area contributed by atoms with E-state index in [-0.39, 0.29) is 12.3 Å². The molecule has 0 unspecified atom stereocenters. The molecule has 5 nitrogen and oxygen atoms in total. The molecule has 1 N–H and O–H groups in total. The first-order chi connectivity index (χ1) is 14.6. The van der Waals surface area contributed by atoms with Crippen molar-refractivity contribution >= 4 is 34.5 Å². The highest BCUT2D eigenvalue weighted by Crippen LogP contribution is 2.25. The number of para-hydroxylation sites is 1. The zero-order chi connectivity index (χ0) is 20.9. The molecule has 30 heavy (non-hydrogen) atoms. The van der Waals surface area contributed by atoms with E-state index in [1.807, 2.05) is 17.5 Å². The molecule has 156 valence electrons. The molecule has 4 rings (SSSR count). The maximum atomic E-state index is 12.3. The number of aromatic nitrogens is 1. The summed E-state index contributed by atoms with van der Waals surface area (Å²) in [5.41, 5.74) is 3.79. The van der Waals surface area contributed by atoms with Crippen LogP contribution in [-0.2, 0) is 17.8 Å². The molecule has 1 aliphatic heterocycles. The van der Waals surface area contributed by atoms with Gasteiger partial charge in [-0.3, -0.25) is 9.69 Å². The van der Waals surface area contributed by atoms with E-state index >= 15 is 0 Å². The number of thiazole rings is 1. The van der Waals surface area contributed by atoms with Gasteiger partial charge in [-0.1, -0.05) is 48.0 Å². The number of piperazine rings is 1. The molecule has 1 saturated heterocycles. The van der Waals surface area contributed by atoms with Crippen LogP contribution in [0.3, 0.4) is 0 Å². The van der Waals surface area contributed by atoms with Crippen LogP contribution in [0.25, 0.3) is 10.6 Å². The van der Waals surface area contributed by atoms with Crippen molar-refractivity contribution in [1.29, 1.82) is 0 Å². The molecule has 1 aromatic heterocycles. The van der Waals surface area contributed by atoms with Gasteiger partial charge < -0.3 is 10.2 Å². The number of rotatable bonds is 6. The van der Waals surface area contributed by atoms with Gasteiger partial charge in [0.2, 0.25) is 5.91 Å². The average Bonchev–Trinajstić information content (AvgIpc) is 3.20. The van der Waals surface area contributed by atoms with Crippen LogP contribution in [0.4, 0.5) is 5.69 Å². The van der Waals surface area contributed by atoms with Crippen LogP contribution in [0.15, 0.2) is 53.9 Å². The van der Waals surface area contributed by atoms with Gasteiger partial charge in [-0.2, -0.15) is 0 Å². The number of carbonyl (C=O) groups is 1. The lowest BCUT2D eigenvalue weighted by molar-refractivity contribution is -0.115. The van der Waals surface area contributed by atoms with Crippen molar-refractivity contribution in [1.82, 2.24) is 14.8 Å². The van der Waals surface area contributed by atoms with E-state index in [0.717, 1.165) is 49.0 Å². The van der Waals surface area contributed by atoms with Gasteiger partial charge in [-0.15, -0.1) is 11.3 Å². The zero-order valence-electron chi connectivity index (χ0n) is 17.0. The Bertz CT molecular complexity index is 996. The molecule has 2 heterocycles. The van der Waals surface area contributed by atoms with Gasteiger partial charge >= 0.3 is 0 Å². The van der Waals surface area contributed by atoms with Crippen molar-refractivity contribution in [2.75, 3.05) is 38.5 Å². The Kier molecular flexibility index (Phi) is 6.79. The number of anilines is 1. The van der Waals surface area contributed by atoms with E-state index in [1.54, 1.807) is 23.5 Å². The number of carbonyl (C=O) groups excluding carboxylic acids is 1. The van der Waals surface area contributed by atoms with Gasteiger partial charge in [0.05, 0.1) is 22.8 Å². The van der Waals surface area contributed by atoms with E-state index in [9.17, 15) is 4.79 Å². The monoisotopic (exact) mass is 440 g/mol. The van der Waals surface area contributed by atoms with E-state index in [4.69, 9.17) is 11.6 Å². The Labute approximate surface area is 186 Å². The number of amides is 1. The Morgan fingerprint density at radius 2 is 1.83 bits per heavy atom. The summed E-state index contributed by atoms with van der Waals surface area (Å²) < 4.78 is 0. The number of nitrogens with zero attached hydrogens (tertiary/aromatic N) is 3. The average molecular weight is 441 g/mol. The van der Waals surface area contributed by atoms with Gasteiger partial charge in [0.1, 0.15) is 5.01 Å². The smallest absolute Gasteiger partial charge is 0.230 e. The summed E-state index contributed by atoms with van der Waals surface area (Å²) in [4.78, 5) is 21.8. The fourth-order valence-electron chi connectivity index (χ4n) is 3.46. The minimum Gasteiger partial charge on any atom is -0.324 e. The second-order valence-electron chi connectivity index (χ2n) is 7.63. The quantitative estimate of drug-likeness (QED) is 0.617. The highest BCUT2D eigenvalue weighted by atomic mass is 35.5. The Balaban J connectivity index is 1.34. The highest BCUT2D eigenvalue weighted by molar-refractivity contribution is 7.13. The van der Waals surface area contributed by atoms with Gasteiger partial charge in [0.25, 0.3) is 0 Å². The minimum absolute atomic E-state index is 0.123. The molecular formula is C23H25ClN4OS. The van der Waals surface area contributed by atoms with Crippen LogP contribution in [0.5, 0.6) is 0 Å². The Morgan fingerprint density at radius 3 is 2.57 bits per heavy atom. The van der Waals surface area contributed by atoms with Crippen molar-refractivity contribution < 1.29 is 4.79 Å². The number of halogens is 1. The lowest BCUT2D eigenvalue weighted by Crippen LogP contribution is -2.43. The molecule has 0 saturated carbocycles. The van der Waals surface area contributed by atoms with Crippen LogP contribution in [-0.4, -0.2) is 53.9 Å². The third kappa shape index (κ3) is 5.46. The molecule has 0 aliphatic carbocycles. The van der Waals surface area contributed by atoms with Crippen molar-refractivity contribution in [3.63, 3.8) is 0 Å². The van der Waals surface area contributed by atoms with Gasteiger partial charge in [0.15, 0.2) is 0 Å². The highest BCUT2D eigenvalue weighted by Gasteiger charge is 2.14. The second kappa shape index (κ2) is 9.71. The lowest BCUT2D eigenvalue weighted by atomic mass is 10.1. The summed E-state index contributed by atoms with van der Waals surface area (Å²) >= 11 is 7.67. The first kappa shape index (κ1) is 21.0. The van der Waals surface area contributed by atoms with Crippen LogP contribution in [0.1, 0.15) is 11.3 Å². The summed E-state index contributed by atoms with van der Waals surface area (Å²) in [6.45, 7) is 5.47. The molecule has 0 radical (unpaired) electrons. The predicted octanol–water partition coefficient (Wildman–Crippen LogP) is 4.39. The maximum Gasteiger partial charge on any atom is 0.230 e. The summed E-state index contributed by atoms with van der Waals surface area (Å²) in [7, 11) is 2.18. The van der Waals surface area contributed by atoms with Crippen LogP contribution < -0.4 is 5.32 Å². The predicted molar refractivity (Wildman–Crippen MR) is 124 cm³/mol. The Hall–Kier alpha value is -2.25. The fourth-order valence-corrected chi connectivity index (χ4v) is 4.47. The number of likely N-dealkylation sites (N-methyl/N-ethyl adjacent to an activating group) is 1. The molecule has 1 aliphatic rings. The Morgan fingerprint density at radius 1 is 1.10 bits per heavy atom. The molecular weight excluding hydrogens is 416 g/mol. The summed E-state index contributed by atoms with van der Waals surface area (Å²) in [6.07, 6.45) is 0.225. The number of nitrogens with one attached hydrogen (secondary N) is 1. The fraction of sp³-hybridized carbons (Fsp3) is 0.304. The third-order valence-electron chi connectivity index (χ3n) is 5.24. The molecule has 1 amide bonds. The molecule has 3 aromatic rings. The van der Waals surface area contributed by atoms with Crippen molar-refractivity contribution in [2.24, 2.45) is 0 Å². The van der Waals surface area contributed by atoms with Crippen LogP contribution in [0.2, 0.25) is 5.02 Å². The van der Waals surface area contributed by atoms with Crippen molar-refractivity contribution in [2.45, 2.75) is 13.0 Å². The topological polar surface area (TPSA) is 48.5 Å². The standard InChI is InChI=1S/C23H25ClN4OS/c1-27-10-12-28(13-11-27)15-17-6-8-18(9-7-17)23-25-19(16-30-23)14-22(29)26-21-5-3-2-4-20(21)24/h2-9,16H,10-15H2,1H3,(H,26,29). The van der Waals surface area contributed by atoms with Crippen molar-refractivity contribution in [3.8, 4) is 10.6 Å². The summed E-state index contributed by atoms with van der Waals surface area (Å²) in [6, 6.07) is 15.8. The SMILES string of the molecule is CN1CCN(Cc2ccc(-c3nc(CC(=O)Nc4ccccc4Cl)cs3)cc2)CC1. The zero-order valence-corrected chi connectivity index (χ0v) is 18.5. The van der Waals surface area contributed by atoms with E-state index in [0.29, 0.717) is 10.7 Å². The minimum atomic E-state index is -0.123. The number of hydrogen-bond donors (Lipinski definition) is 1. The molecule has 2 aromatic carbocycles. The molecule has 0 bridgehead atoms. The number of hydrogen-bond acceptors (Lipinski definition) is 5. The second-order valence-corrected chi connectivity index (χ2v) is 8.89. The third-order valence-corrected chi connectivity index (χ3v) is 6.51. The molecule has 1 fully saturated rings. The van der Waals surface area contributed by atoms with Gasteiger partial charge in [-0.25, -0.2) is 4.98 Å². The molecule has 0 atom stereocenters. The van der Waals surface area contributed by atoms with Gasteiger partial charge in [-0.05, 0) is 24.7 Å². The summed E-state index contributed by atoms with van der Waals surface area (Å²) in [5, 5.41) is 6.25. The number of benzene rings is 2. The van der Waals surface area contributed by atoms with E-state index in [2.05, 4.69) is 51.4 Å². The first-order valence-electron chi connectivity index (χ1n) is 10.1. The molecule has 7 heteroatoms. The molecule has 0 spiro atoms. The van der Waals surface area contributed by atoms with Crippen LogP contribution >= 0.6 is 22.9 Å². The first-order valence-corrected chi connectivity index (χ1v) is 11.3. The lowest BCUT2D eigenvalue weighted by Gasteiger charge is -2.32.